The lowest BCUT2D eigenvalue weighted by Gasteiger charge is -2.28. The van der Waals surface area contributed by atoms with Crippen LogP contribution in [0.4, 0.5) is 10.8 Å². The van der Waals surface area contributed by atoms with Gasteiger partial charge in [-0.2, -0.15) is 5.10 Å². The second-order valence-electron chi connectivity index (χ2n) is 7.72. The van der Waals surface area contributed by atoms with Crippen LogP contribution in [0.2, 0.25) is 0 Å². The van der Waals surface area contributed by atoms with Crippen LogP contribution >= 0.6 is 11.3 Å². The summed E-state index contributed by atoms with van der Waals surface area (Å²) in [6.07, 6.45) is 4.09. The molecule has 0 spiro atoms. The van der Waals surface area contributed by atoms with Crippen molar-refractivity contribution in [2.75, 3.05) is 49.2 Å². The Morgan fingerprint density at radius 3 is 2.57 bits per heavy atom. The SMILES string of the molecule is C/C(=N/NC(=O)Cc1csc(N2CCOCC2)n1)c1ccc(N2CCCCC2)cc1. The smallest absolute Gasteiger partial charge is 0.246 e. The molecular weight excluding hydrogens is 398 g/mol. The largest absolute Gasteiger partial charge is 0.378 e. The van der Waals surface area contributed by atoms with Gasteiger partial charge in [-0.15, -0.1) is 11.3 Å². The summed E-state index contributed by atoms with van der Waals surface area (Å²) in [5.41, 5.74) is 6.51. The Hall–Kier alpha value is -2.45. The number of carbonyl (C=O) groups is 1. The van der Waals surface area contributed by atoms with E-state index in [1.165, 1.54) is 24.9 Å². The topological polar surface area (TPSA) is 70.1 Å². The molecule has 2 aromatic rings. The van der Waals surface area contributed by atoms with Gasteiger partial charge in [0.1, 0.15) is 0 Å². The number of carbonyl (C=O) groups excluding carboxylic acids is 1. The molecule has 0 atom stereocenters. The average molecular weight is 428 g/mol. The van der Waals surface area contributed by atoms with Crippen LogP contribution in [0, 0.1) is 0 Å². The fourth-order valence-electron chi connectivity index (χ4n) is 3.76. The first-order valence-electron chi connectivity index (χ1n) is 10.6. The van der Waals surface area contributed by atoms with Crippen molar-refractivity contribution in [3.63, 3.8) is 0 Å². The van der Waals surface area contributed by atoms with Gasteiger partial charge in [0, 0.05) is 37.2 Å². The normalized spacial score (nSPS) is 17.8. The van der Waals surface area contributed by atoms with Gasteiger partial charge in [0.15, 0.2) is 5.13 Å². The zero-order valence-corrected chi connectivity index (χ0v) is 18.3. The zero-order valence-electron chi connectivity index (χ0n) is 17.5. The van der Waals surface area contributed by atoms with Crippen molar-refractivity contribution in [2.45, 2.75) is 32.6 Å². The van der Waals surface area contributed by atoms with Crippen LogP contribution in [0.1, 0.15) is 37.4 Å². The number of piperidine rings is 1. The van der Waals surface area contributed by atoms with Crippen molar-refractivity contribution >= 4 is 33.8 Å². The van der Waals surface area contributed by atoms with E-state index in [4.69, 9.17) is 4.74 Å². The summed E-state index contributed by atoms with van der Waals surface area (Å²) in [5, 5.41) is 7.18. The van der Waals surface area contributed by atoms with E-state index in [0.29, 0.717) is 0 Å². The number of morpholine rings is 1. The Balaban J connectivity index is 1.29. The van der Waals surface area contributed by atoms with Crippen LogP contribution in [0.5, 0.6) is 0 Å². The van der Waals surface area contributed by atoms with Crippen LogP contribution in [0.25, 0.3) is 0 Å². The molecule has 3 heterocycles. The fourth-order valence-corrected chi connectivity index (χ4v) is 4.64. The van der Waals surface area contributed by atoms with E-state index in [-0.39, 0.29) is 12.3 Å². The van der Waals surface area contributed by atoms with Gasteiger partial charge in [-0.1, -0.05) is 12.1 Å². The third-order valence-corrected chi connectivity index (χ3v) is 6.47. The molecule has 4 rings (SSSR count). The number of anilines is 2. The van der Waals surface area contributed by atoms with E-state index in [0.717, 1.165) is 61.5 Å². The van der Waals surface area contributed by atoms with Gasteiger partial charge in [-0.05, 0) is 43.9 Å². The second-order valence-corrected chi connectivity index (χ2v) is 8.56. The lowest BCUT2D eigenvalue weighted by Crippen LogP contribution is -2.36. The molecule has 2 saturated heterocycles. The first-order chi connectivity index (χ1) is 14.7. The van der Waals surface area contributed by atoms with Crippen molar-refractivity contribution in [1.82, 2.24) is 10.4 Å². The molecule has 1 N–H and O–H groups in total. The molecule has 2 aliphatic rings. The third kappa shape index (κ3) is 5.37. The Bertz CT molecular complexity index is 868. The number of hydrogen-bond donors (Lipinski definition) is 1. The number of aromatic nitrogens is 1. The predicted octanol–water partition coefficient (Wildman–Crippen LogP) is 3.05. The van der Waals surface area contributed by atoms with Crippen molar-refractivity contribution in [1.29, 1.82) is 0 Å². The minimum absolute atomic E-state index is 0.155. The molecule has 160 valence electrons. The molecular formula is C22H29N5O2S. The molecule has 2 aliphatic heterocycles. The quantitative estimate of drug-likeness (QED) is 0.567. The van der Waals surface area contributed by atoms with Crippen LogP contribution in [0.15, 0.2) is 34.7 Å². The van der Waals surface area contributed by atoms with Crippen LogP contribution in [-0.2, 0) is 16.0 Å². The maximum absolute atomic E-state index is 12.3. The van der Waals surface area contributed by atoms with Crippen LogP contribution < -0.4 is 15.2 Å². The molecule has 0 radical (unpaired) electrons. The van der Waals surface area contributed by atoms with E-state index in [9.17, 15) is 4.79 Å². The summed E-state index contributed by atoms with van der Waals surface area (Å²) >= 11 is 1.57. The number of benzene rings is 1. The summed E-state index contributed by atoms with van der Waals surface area (Å²) in [6.45, 7) is 7.32. The van der Waals surface area contributed by atoms with E-state index in [2.05, 4.69) is 49.6 Å². The number of nitrogens with zero attached hydrogens (tertiary/aromatic N) is 4. The summed E-state index contributed by atoms with van der Waals surface area (Å²) < 4.78 is 5.37. The van der Waals surface area contributed by atoms with Gasteiger partial charge < -0.3 is 14.5 Å². The van der Waals surface area contributed by atoms with Crippen molar-refractivity contribution in [3.05, 3.63) is 40.9 Å². The molecule has 2 fully saturated rings. The molecule has 0 saturated carbocycles. The Labute approximate surface area is 181 Å². The summed E-state index contributed by atoms with van der Waals surface area (Å²) in [7, 11) is 0. The van der Waals surface area contributed by atoms with Crippen molar-refractivity contribution in [3.8, 4) is 0 Å². The van der Waals surface area contributed by atoms with Crippen LogP contribution in [0.3, 0.4) is 0 Å². The van der Waals surface area contributed by atoms with E-state index in [1.807, 2.05) is 12.3 Å². The second kappa shape index (κ2) is 10.0. The number of hydrazone groups is 1. The van der Waals surface area contributed by atoms with Crippen LogP contribution in [-0.4, -0.2) is 56.0 Å². The third-order valence-electron chi connectivity index (χ3n) is 5.52. The summed E-state index contributed by atoms with van der Waals surface area (Å²) in [4.78, 5) is 21.5. The van der Waals surface area contributed by atoms with Gasteiger partial charge in [0.05, 0.1) is 31.0 Å². The number of thiazole rings is 1. The standard InChI is InChI=1S/C22H29N5O2S/c1-17(18-5-7-20(8-6-18)26-9-3-2-4-10-26)24-25-21(28)15-19-16-30-22(23-19)27-11-13-29-14-12-27/h5-8,16H,2-4,9-15H2,1H3,(H,25,28)/b24-17-. The summed E-state index contributed by atoms with van der Waals surface area (Å²) in [5.74, 6) is -0.155. The van der Waals surface area contributed by atoms with E-state index >= 15 is 0 Å². The number of hydrogen-bond acceptors (Lipinski definition) is 7. The van der Waals surface area contributed by atoms with Crippen molar-refractivity contribution < 1.29 is 9.53 Å². The highest BCUT2D eigenvalue weighted by molar-refractivity contribution is 7.13. The maximum atomic E-state index is 12.3. The maximum Gasteiger partial charge on any atom is 0.246 e. The van der Waals surface area contributed by atoms with Gasteiger partial charge in [-0.3, -0.25) is 4.79 Å². The Morgan fingerprint density at radius 2 is 1.83 bits per heavy atom. The zero-order chi connectivity index (χ0) is 20.8. The molecule has 1 aromatic heterocycles. The molecule has 0 bridgehead atoms. The lowest BCUT2D eigenvalue weighted by atomic mass is 10.1. The van der Waals surface area contributed by atoms with E-state index in [1.54, 1.807) is 11.3 Å². The molecule has 8 heteroatoms. The molecule has 7 nitrogen and oxygen atoms in total. The molecule has 1 aromatic carbocycles. The number of ether oxygens (including phenoxy) is 1. The van der Waals surface area contributed by atoms with Gasteiger partial charge >= 0.3 is 0 Å². The Morgan fingerprint density at radius 1 is 1.10 bits per heavy atom. The minimum Gasteiger partial charge on any atom is -0.378 e. The number of rotatable bonds is 6. The first kappa shape index (κ1) is 20.8. The monoisotopic (exact) mass is 427 g/mol. The van der Waals surface area contributed by atoms with Gasteiger partial charge in [-0.25, -0.2) is 10.4 Å². The molecule has 0 aliphatic carbocycles. The average Bonchev–Trinajstić information content (AvgIpc) is 3.27. The summed E-state index contributed by atoms with van der Waals surface area (Å²) in [6, 6.07) is 8.43. The number of nitrogens with one attached hydrogen (secondary N) is 1. The highest BCUT2D eigenvalue weighted by Crippen LogP contribution is 2.22. The molecule has 0 unspecified atom stereocenters. The highest BCUT2D eigenvalue weighted by atomic mass is 32.1. The van der Waals surface area contributed by atoms with Crippen molar-refractivity contribution in [2.24, 2.45) is 5.10 Å². The molecule has 30 heavy (non-hydrogen) atoms. The van der Waals surface area contributed by atoms with Gasteiger partial charge in [0.25, 0.3) is 0 Å². The highest BCUT2D eigenvalue weighted by Gasteiger charge is 2.16. The minimum atomic E-state index is -0.155. The predicted molar refractivity (Wildman–Crippen MR) is 122 cm³/mol. The first-order valence-corrected chi connectivity index (χ1v) is 11.5. The van der Waals surface area contributed by atoms with E-state index < -0.39 is 0 Å². The molecule has 1 amide bonds. The number of amides is 1. The lowest BCUT2D eigenvalue weighted by molar-refractivity contribution is -0.120. The van der Waals surface area contributed by atoms with Gasteiger partial charge in [0.2, 0.25) is 5.91 Å². The fraction of sp³-hybridized carbons (Fsp3) is 0.500. The Kier molecular flexibility index (Phi) is 6.96.